The van der Waals surface area contributed by atoms with Crippen molar-refractivity contribution in [3.05, 3.63) is 5.82 Å². The maximum atomic E-state index is 11.4. The molecule has 1 N–H and O–H groups in total. The Hall–Kier alpha value is -1.11. The molecule has 1 aliphatic rings. The van der Waals surface area contributed by atoms with Gasteiger partial charge >= 0.3 is 5.97 Å². The van der Waals surface area contributed by atoms with Crippen molar-refractivity contribution in [2.45, 2.75) is 57.4 Å². The molecule has 0 aliphatic heterocycles. The monoisotopic (exact) mass is 312 g/mol. The lowest BCUT2D eigenvalue weighted by atomic mass is 9.86. The van der Waals surface area contributed by atoms with Crippen molar-refractivity contribution in [2.75, 3.05) is 12.0 Å². The highest BCUT2D eigenvalue weighted by atomic mass is 32.2. The van der Waals surface area contributed by atoms with Crippen LogP contribution in [0, 0.1) is 5.92 Å². The summed E-state index contributed by atoms with van der Waals surface area (Å²) in [5.74, 6) is 1.40. The van der Waals surface area contributed by atoms with E-state index in [4.69, 9.17) is 0 Å². The number of aryl methyl sites for hydroxylation is 1. The Kier molecular flexibility index (Phi) is 6.48. The van der Waals surface area contributed by atoms with Crippen LogP contribution >= 0.6 is 11.8 Å². The van der Waals surface area contributed by atoms with Gasteiger partial charge in [0.05, 0.1) is 0 Å². The van der Waals surface area contributed by atoms with Crippen molar-refractivity contribution < 1.29 is 9.90 Å². The normalized spacial score (nSPS) is 17.8. The first kappa shape index (κ1) is 16.3. The number of aliphatic carboxylic acids is 1. The standard InChI is InChI=1S/C14H24N4O2S/c1-21-10-9-12(14(19)20)18-13(15-16-17-18)8-7-11-5-3-2-4-6-11/h11-12H,2-10H2,1H3,(H,19,20). The van der Waals surface area contributed by atoms with Gasteiger partial charge in [0, 0.05) is 6.42 Å². The van der Waals surface area contributed by atoms with Crippen LogP contribution in [-0.4, -0.2) is 43.3 Å². The van der Waals surface area contributed by atoms with Gasteiger partial charge in [-0.1, -0.05) is 32.1 Å². The van der Waals surface area contributed by atoms with E-state index in [-0.39, 0.29) is 0 Å². The highest BCUT2D eigenvalue weighted by Gasteiger charge is 2.24. The maximum Gasteiger partial charge on any atom is 0.328 e. The number of carboxylic acid groups (broad SMARTS) is 1. The average molecular weight is 312 g/mol. The summed E-state index contributed by atoms with van der Waals surface area (Å²) in [5.41, 5.74) is 0. The Labute approximate surface area is 129 Å². The Balaban J connectivity index is 1.97. The summed E-state index contributed by atoms with van der Waals surface area (Å²) < 4.78 is 1.52. The zero-order valence-corrected chi connectivity index (χ0v) is 13.4. The molecule has 0 aromatic carbocycles. The number of aromatic nitrogens is 4. The molecule has 0 amide bonds. The van der Waals surface area contributed by atoms with Crippen molar-refractivity contribution in [1.29, 1.82) is 0 Å². The molecule has 1 fully saturated rings. The van der Waals surface area contributed by atoms with E-state index in [1.807, 2.05) is 6.26 Å². The van der Waals surface area contributed by atoms with Gasteiger partial charge in [0.1, 0.15) is 0 Å². The van der Waals surface area contributed by atoms with Gasteiger partial charge in [-0.05, 0) is 41.2 Å². The van der Waals surface area contributed by atoms with Crippen molar-refractivity contribution in [3.8, 4) is 0 Å². The molecule has 1 aromatic rings. The summed E-state index contributed by atoms with van der Waals surface area (Å²) in [6.45, 7) is 0. The molecule has 1 unspecified atom stereocenters. The van der Waals surface area contributed by atoms with Gasteiger partial charge in [-0.25, -0.2) is 9.48 Å². The highest BCUT2D eigenvalue weighted by molar-refractivity contribution is 7.98. The van der Waals surface area contributed by atoms with E-state index in [0.29, 0.717) is 12.2 Å². The van der Waals surface area contributed by atoms with Crippen molar-refractivity contribution >= 4 is 17.7 Å². The Bertz CT molecular complexity index is 446. The second kappa shape index (κ2) is 8.36. The molecule has 1 heterocycles. The van der Waals surface area contributed by atoms with Gasteiger partial charge in [-0.3, -0.25) is 0 Å². The molecule has 118 valence electrons. The molecule has 0 saturated heterocycles. The first-order valence-electron chi connectivity index (χ1n) is 7.71. The number of carbonyl (C=O) groups is 1. The SMILES string of the molecule is CSCCC(C(=O)O)n1nnnc1CCC1CCCCC1. The van der Waals surface area contributed by atoms with Gasteiger partial charge in [0.15, 0.2) is 11.9 Å². The summed E-state index contributed by atoms with van der Waals surface area (Å²) >= 11 is 1.64. The molecule has 6 nitrogen and oxygen atoms in total. The third kappa shape index (κ3) is 4.69. The summed E-state index contributed by atoms with van der Waals surface area (Å²) in [6, 6.07) is -0.645. The van der Waals surface area contributed by atoms with E-state index in [0.717, 1.165) is 24.5 Å². The van der Waals surface area contributed by atoms with Crippen LogP contribution in [-0.2, 0) is 11.2 Å². The molecule has 7 heteroatoms. The summed E-state index contributed by atoms with van der Waals surface area (Å²) in [6.07, 6.45) is 10.9. The molecule has 21 heavy (non-hydrogen) atoms. The Morgan fingerprint density at radius 1 is 1.43 bits per heavy atom. The minimum Gasteiger partial charge on any atom is -0.480 e. The minimum absolute atomic E-state index is 0.554. The van der Waals surface area contributed by atoms with Crippen molar-refractivity contribution in [1.82, 2.24) is 20.2 Å². The Morgan fingerprint density at radius 2 is 2.19 bits per heavy atom. The quantitative estimate of drug-likeness (QED) is 0.794. The van der Waals surface area contributed by atoms with Crippen LogP contribution in [0.25, 0.3) is 0 Å². The molecule has 2 rings (SSSR count). The van der Waals surface area contributed by atoms with E-state index >= 15 is 0 Å². The molecule has 0 bridgehead atoms. The highest BCUT2D eigenvalue weighted by Crippen LogP contribution is 2.27. The fraction of sp³-hybridized carbons (Fsp3) is 0.857. The van der Waals surface area contributed by atoms with Crippen molar-refractivity contribution in [2.24, 2.45) is 5.92 Å². The van der Waals surface area contributed by atoms with Gasteiger partial charge in [-0.2, -0.15) is 11.8 Å². The van der Waals surface area contributed by atoms with Gasteiger partial charge < -0.3 is 5.11 Å². The van der Waals surface area contributed by atoms with Crippen LogP contribution < -0.4 is 0 Å². The molecule has 1 aliphatic carbocycles. The van der Waals surface area contributed by atoms with Crippen LogP contribution in [0.3, 0.4) is 0 Å². The lowest BCUT2D eigenvalue weighted by Crippen LogP contribution is -2.23. The molecule has 1 aromatic heterocycles. The second-order valence-electron chi connectivity index (χ2n) is 5.72. The summed E-state index contributed by atoms with van der Waals surface area (Å²) in [7, 11) is 0. The fourth-order valence-electron chi connectivity index (χ4n) is 3.01. The van der Waals surface area contributed by atoms with E-state index in [9.17, 15) is 9.90 Å². The smallest absolute Gasteiger partial charge is 0.328 e. The predicted molar refractivity (Wildman–Crippen MR) is 82.4 cm³/mol. The van der Waals surface area contributed by atoms with Crippen LogP contribution in [0.2, 0.25) is 0 Å². The number of nitrogens with zero attached hydrogens (tertiary/aromatic N) is 4. The van der Waals surface area contributed by atoms with Crippen LogP contribution in [0.15, 0.2) is 0 Å². The largest absolute Gasteiger partial charge is 0.480 e. The van der Waals surface area contributed by atoms with Gasteiger partial charge in [0.25, 0.3) is 0 Å². The number of thioether (sulfide) groups is 1. The molecule has 1 saturated carbocycles. The Morgan fingerprint density at radius 3 is 2.86 bits per heavy atom. The molecular weight excluding hydrogens is 288 g/mol. The topological polar surface area (TPSA) is 80.9 Å². The number of tetrazole rings is 1. The zero-order chi connectivity index (χ0) is 15.1. The van der Waals surface area contributed by atoms with Crippen molar-refractivity contribution in [3.63, 3.8) is 0 Å². The molecule has 1 atom stereocenters. The van der Waals surface area contributed by atoms with E-state index in [1.54, 1.807) is 11.8 Å². The third-order valence-electron chi connectivity index (χ3n) is 4.24. The molecular formula is C14H24N4O2S. The first-order chi connectivity index (χ1) is 10.2. The lowest BCUT2D eigenvalue weighted by Gasteiger charge is -2.21. The van der Waals surface area contributed by atoms with E-state index in [2.05, 4.69) is 15.5 Å². The maximum absolute atomic E-state index is 11.4. The number of hydrogen-bond acceptors (Lipinski definition) is 5. The van der Waals surface area contributed by atoms with Gasteiger partial charge in [-0.15, -0.1) is 5.10 Å². The second-order valence-corrected chi connectivity index (χ2v) is 6.70. The number of carboxylic acids is 1. The summed E-state index contributed by atoms with van der Waals surface area (Å²) in [5, 5.41) is 21.0. The molecule has 0 spiro atoms. The van der Waals surface area contributed by atoms with Crippen LogP contribution in [0.5, 0.6) is 0 Å². The van der Waals surface area contributed by atoms with Crippen LogP contribution in [0.1, 0.15) is 56.8 Å². The van der Waals surface area contributed by atoms with E-state index in [1.165, 1.54) is 36.8 Å². The van der Waals surface area contributed by atoms with E-state index < -0.39 is 12.0 Å². The average Bonchev–Trinajstić information content (AvgIpc) is 2.94. The minimum atomic E-state index is -0.852. The van der Waals surface area contributed by atoms with Gasteiger partial charge in [0.2, 0.25) is 0 Å². The number of rotatable bonds is 8. The first-order valence-corrected chi connectivity index (χ1v) is 9.10. The predicted octanol–water partition coefficient (Wildman–Crippen LogP) is 2.56. The number of hydrogen-bond donors (Lipinski definition) is 1. The third-order valence-corrected chi connectivity index (χ3v) is 4.88. The molecule has 0 radical (unpaired) electrons. The van der Waals surface area contributed by atoms with Crippen LogP contribution in [0.4, 0.5) is 0 Å². The zero-order valence-electron chi connectivity index (χ0n) is 12.6. The summed E-state index contributed by atoms with van der Waals surface area (Å²) in [4.78, 5) is 11.4. The lowest BCUT2D eigenvalue weighted by molar-refractivity contribution is -0.141. The fourth-order valence-corrected chi connectivity index (χ4v) is 3.47.